The average molecular weight is 592 g/mol. The lowest BCUT2D eigenvalue weighted by molar-refractivity contribution is 0.0946. The van der Waals surface area contributed by atoms with E-state index in [1.54, 1.807) is 6.33 Å². The highest BCUT2D eigenvalue weighted by molar-refractivity contribution is 6.31. The van der Waals surface area contributed by atoms with Gasteiger partial charge in [-0.15, -0.1) is 0 Å². The summed E-state index contributed by atoms with van der Waals surface area (Å²) in [6.45, 7) is 2.45. The smallest absolute Gasteiger partial charge is 0.270 e. The van der Waals surface area contributed by atoms with Gasteiger partial charge >= 0.3 is 0 Å². The highest BCUT2D eigenvalue weighted by Crippen LogP contribution is 2.37. The fraction of sp³-hybridized carbons (Fsp3) is 0.114. The SMILES string of the molecule is Cc1cccc(CNC(=O)c2cc(-c3cccc(Cl)c3)c3cc(C(c4ccc(Cl)cc4)c4cncn4C)ccc3n2)c1. The molecule has 0 fully saturated rings. The van der Waals surface area contributed by atoms with Crippen molar-refractivity contribution in [2.75, 3.05) is 0 Å². The predicted molar refractivity (Wildman–Crippen MR) is 170 cm³/mol. The van der Waals surface area contributed by atoms with Crippen LogP contribution in [0.25, 0.3) is 22.0 Å². The van der Waals surface area contributed by atoms with Gasteiger partial charge in [-0.1, -0.05) is 83.4 Å². The Balaban J connectivity index is 1.47. The molecule has 6 aromatic rings. The summed E-state index contributed by atoms with van der Waals surface area (Å²) in [5.74, 6) is -0.330. The predicted octanol–water partition coefficient (Wildman–Crippen LogP) is 8.36. The molecule has 2 aromatic heterocycles. The standard InChI is InChI=1S/C35H28Cl2N4O/c1-22-5-3-6-23(15-22)19-39-35(42)32-18-29(25-7-4-8-28(37)16-25)30-17-26(11-14-31(30)40-32)34(33-20-38-21-41(33)2)24-9-12-27(36)13-10-24/h3-18,20-21,34H,19H2,1-2H3,(H,39,42). The van der Waals surface area contributed by atoms with Crippen LogP contribution in [0.5, 0.6) is 0 Å². The van der Waals surface area contributed by atoms with Gasteiger partial charge in [0.1, 0.15) is 5.69 Å². The molecule has 0 radical (unpaired) electrons. The highest BCUT2D eigenvalue weighted by atomic mass is 35.5. The van der Waals surface area contributed by atoms with Crippen LogP contribution in [0, 0.1) is 6.92 Å². The summed E-state index contributed by atoms with van der Waals surface area (Å²) >= 11 is 12.7. The van der Waals surface area contributed by atoms with Gasteiger partial charge in [0.15, 0.2) is 0 Å². The van der Waals surface area contributed by atoms with E-state index in [2.05, 4.69) is 28.5 Å². The van der Waals surface area contributed by atoms with E-state index in [1.807, 2.05) is 104 Å². The van der Waals surface area contributed by atoms with Crippen molar-refractivity contribution in [3.8, 4) is 11.1 Å². The fourth-order valence-corrected chi connectivity index (χ4v) is 5.68. The van der Waals surface area contributed by atoms with Crippen LogP contribution in [0.3, 0.4) is 0 Å². The van der Waals surface area contributed by atoms with Crippen molar-refractivity contribution in [3.63, 3.8) is 0 Å². The molecule has 0 bridgehead atoms. The van der Waals surface area contributed by atoms with Crippen molar-refractivity contribution in [3.05, 3.63) is 153 Å². The van der Waals surface area contributed by atoms with Crippen molar-refractivity contribution in [1.29, 1.82) is 0 Å². The number of aryl methyl sites for hydroxylation is 2. The minimum Gasteiger partial charge on any atom is -0.347 e. The monoisotopic (exact) mass is 590 g/mol. The van der Waals surface area contributed by atoms with Crippen LogP contribution in [0.4, 0.5) is 0 Å². The maximum absolute atomic E-state index is 13.4. The molecule has 5 nitrogen and oxygen atoms in total. The van der Waals surface area contributed by atoms with E-state index >= 15 is 0 Å². The summed E-state index contributed by atoms with van der Waals surface area (Å²) in [4.78, 5) is 22.5. The van der Waals surface area contributed by atoms with E-state index in [0.717, 1.165) is 50.0 Å². The second-order valence-corrected chi connectivity index (χ2v) is 11.3. The fourth-order valence-electron chi connectivity index (χ4n) is 5.36. The van der Waals surface area contributed by atoms with E-state index in [9.17, 15) is 4.79 Å². The number of carbonyl (C=O) groups is 1. The van der Waals surface area contributed by atoms with Crippen molar-refractivity contribution >= 4 is 40.0 Å². The molecule has 6 rings (SSSR count). The zero-order valence-corrected chi connectivity index (χ0v) is 24.7. The van der Waals surface area contributed by atoms with Crippen molar-refractivity contribution in [2.24, 2.45) is 7.05 Å². The molecule has 0 aliphatic carbocycles. The summed E-state index contributed by atoms with van der Waals surface area (Å²) in [7, 11) is 1.99. The Morgan fingerprint density at radius 3 is 2.40 bits per heavy atom. The van der Waals surface area contributed by atoms with Crippen LogP contribution in [-0.4, -0.2) is 20.4 Å². The highest BCUT2D eigenvalue weighted by Gasteiger charge is 2.22. The van der Waals surface area contributed by atoms with Crippen molar-refractivity contribution in [2.45, 2.75) is 19.4 Å². The Labute approximate surface area is 254 Å². The first-order valence-corrected chi connectivity index (χ1v) is 14.4. The van der Waals surface area contributed by atoms with Crippen LogP contribution in [-0.2, 0) is 13.6 Å². The maximum atomic E-state index is 13.4. The Bertz CT molecular complexity index is 1910. The number of nitrogens with one attached hydrogen (secondary N) is 1. The topological polar surface area (TPSA) is 59.8 Å². The minimum atomic E-state index is -0.236. The summed E-state index contributed by atoms with van der Waals surface area (Å²) < 4.78 is 2.03. The number of aromatic nitrogens is 3. The van der Waals surface area contributed by atoms with E-state index < -0.39 is 0 Å². The third-order valence-corrected chi connectivity index (χ3v) is 7.91. The first-order valence-electron chi connectivity index (χ1n) is 13.6. The molecule has 7 heteroatoms. The van der Waals surface area contributed by atoms with E-state index in [0.29, 0.717) is 22.3 Å². The number of carbonyl (C=O) groups excluding carboxylic acids is 1. The number of fused-ring (bicyclic) bond motifs is 1. The summed E-state index contributed by atoms with van der Waals surface area (Å²) in [6.07, 6.45) is 3.70. The van der Waals surface area contributed by atoms with Gasteiger partial charge in [-0.25, -0.2) is 9.97 Å². The van der Waals surface area contributed by atoms with Gasteiger partial charge in [0, 0.05) is 40.9 Å². The molecule has 4 aromatic carbocycles. The van der Waals surface area contributed by atoms with E-state index in [4.69, 9.17) is 28.2 Å². The third-order valence-electron chi connectivity index (χ3n) is 7.42. The number of benzene rings is 4. The van der Waals surface area contributed by atoms with Crippen LogP contribution in [0.15, 0.2) is 110 Å². The molecule has 1 unspecified atom stereocenters. The molecule has 1 amide bonds. The number of hydrogen-bond donors (Lipinski definition) is 1. The lowest BCUT2D eigenvalue weighted by atomic mass is 9.87. The maximum Gasteiger partial charge on any atom is 0.270 e. The number of hydrogen-bond acceptors (Lipinski definition) is 3. The number of halogens is 2. The van der Waals surface area contributed by atoms with Crippen LogP contribution < -0.4 is 5.32 Å². The summed E-state index contributed by atoms with van der Waals surface area (Å²) in [5.41, 5.74) is 8.23. The number of imidazole rings is 1. The minimum absolute atomic E-state index is 0.0938. The lowest BCUT2D eigenvalue weighted by Crippen LogP contribution is -2.24. The quantitative estimate of drug-likeness (QED) is 0.203. The van der Waals surface area contributed by atoms with Crippen molar-refractivity contribution in [1.82, 2.24) is 19.9 Å². The van der Waals surface area contributed by atoms with Crippen molar-refractivity contribution < 1.29 is 4.79 Å². The molecule has 2 heterocycles. The molecule has 0 aliphatic heterocycles. The largest absolute Gasteiger partial charge is 0.347 e. The van der Waals surface area contributed by atoms with Gasteiger partial charge in [-0.3, -0.25) is 4.79 Å². The molecular formula is C35H28Cl2N4O. The molecule has 0 spiro atoms. The summed E-state index contributed by atoms with van der Waals surface area (Å²) in [5, 5.41) is 5.25. The Morgan fingerprint density at radius 1 is 0.881 bits per heavy atom. The Kier molecular flexibility index (Phi) is 7.79. The number of nitrogens with zero attached hydrogens (tertiary/aromatic N) is 3. The van der Waals surface area contributed by atoms with Gasteiger partial charge in [0.05, 0.1) is 17.8 Å². The number of rotatable bonds is 7. The van der Waals surface area contributed by atoms with Gasteiger partial charge in [0.2, 0.25) is 0 Å². The molecule has 208 valence electrons. The van der Waals surface area contributed by atoms with Crippen LogP contribution in [0.1, 0.15) is 44.4 Å². The van der Waals surface area contributed by atoms with Gasteiger partial charge in [-0.05, 0) is 77.2 Å². The molecule has 1 N–H and O–H groups in total. The third kappa shape index (κ3) is 5.80. The Morgan fingerprint density at radius 2 is 1.67 bits per heavy atom. The lowest BCUT2D eigenvalue weighted by Gasteiger charge is -2.20. The van der Waals surface area contributed by atoms with Gasteiger partial charge in [-0.2, -0.15) is 0 Å². The number of amides is 1. The summed E-state index contributed by atoms with van der Waals surface area (Å²) in [6, 6.07) is 31.7. The molecule has 1 atom stereocenters. The molecule has 42 heavy (non-hydrogen) atoms. The van der Waals surface area contributed by atoms with Gasteiger partial charge in [0.25, 0.3) is 5.91 Å². The zero-order chi connectivity index (χ0) is 29.2. The first-order chi connectivity index (χ1) is 20.4. The van der Waals surface area contributed by atoms with E-state index in [1.165, 1.54) is 0 Å². The zero-order valence-electron chi connectivity index (χ0n) is 23.2. The molecule has 0 aliphatic rings. The molecule has 0 saturated carbocycles. The molecular weight excluding hydrogens is 563 g/mol. The second-order valence-electron chi connectivity index (χ2n) is 10.4. The van der Waals surface area contributed by atoms with Gasteiger partial charge < -0.3 is 9.88 Å². The van der Waals surface area contributed by atoms with E-state index in [-0.39, 0.29) is 11.8 Å². The average Bonchev–Trinajstić information content (AvgIpc) is 3.41. The molecule has 0 saturated heterocycles. The van der Waals surface area contributed by atoms with Crippen LogP contribution in [0.2, 0.25) is 10.0 Å². The van der Waals surface area contributed by atoms with Crippen LogP contribution >= 0.6 is 23.2 Å². The Hall–Kier alpha value is -4.45. The second kappa shape index (κ2) is 11.8. The first kappa shape index (κ1) is 27.7. The number of pyridine rings is 1. The normalized spacial score (nSPS) is 11.9.